The van der Waals surface area contributed by atoms with Crippen LogP contribution in [0.4, 0.5) is 0 Å². The van der Waals surface area contributed by atoms with Gasteiger partial charge in [-0.3, -0.25) is 0 Å². The van der Waals surface area contributed by atoms with Crippen LogP contribution in [0.2, 0.25) is 0 Å². The summed E-state index contributed by atoms with van der Waals surface area (Å²) in [4.78, 5) is 0. The maximum Gasteiger partial charge on any atom is 0.149 e. The van der Waals surface area contributed by atoms with Crippen LogP contribution in [0.5, 0.6) is 0 Å². The third-order valence-corrected chi connectivity index (χ3v) is 8.07. The molecular weight excluding hydrogens is 315 g/mol. The molecule has 1 N–H and O–H groups in total. The molecule has 0 saturated carbocycles. The molecule has 3 heteroatoms. The summed E-state index contributed by atoms with van der Waals surface area (Å²) in [6.07, 6.45) is 1.87. The van der Waals surface area contributed by atoms with Crippen molar-refractivity contribution in [1.82, 2.24) is 0 Å². The van der Waals surface area contributed by atoms with E-state index in [4.69, 9.17) is 0 Å². The van der Waals surface area contributed by atoms with E-state index in [2.05, 4.69) is 13.5 Å². The minimum atomic E-state index is -2.98. The molecule has 0 fully saturated rings. The molecule has 0 aliphatic heterocycles. The monoisotopic (exact) mass is 342 g/mol. The number of aliphatic hydroxyl groups excluding tert-OH is 1. The van der Waals surface area contributed by atoms with Crippen molar-refractivity contribution in [2.45, 2.75) is 44.9 Å². The first kappa shape index (κ1) is 18.7. The van der Waals surface area contributed by atoms with Crippen molar-refractivity contribution in [3.8, 4) is 0 Å². The van der Waals surface area contributed by atoms with Gasteiger partial charge in [-0.15, -0.1) is 0 Å². The quantitative estimate of drug-likeness (QED) is 0.567. The third-order valence-electron chi connectivity index (χ3n) is 4.47. The van der Waals surface area contributed by atoms with Gasteiger partial charge in [-0.2, -0.15) is 0 Å². The van der Waals surface area contributed by atoms with Crippen LogP contribution in [0.15, 0.2) is 72.8 Å². The summed E-state index contributed by atoms with van der Waals surface area (Å²) in [6.45, 7) is 7.83. The molecule has 0 aliphatic carbocycles. The summed E-state index contributed by atoms with van der Waals surface area (Å²) < 4.78 is 14.4. The molecule has 0 amide bonds. The lowest BCUT2D eigenvalue weighted by Gasteiger charge is -2.32. The Hall–Kier alpha value is -1.63. The average molecular weight is 342 g/mol. The molecule has 0 aromatic heterocycles. The highest BCUT2D eigenvalue weighted by Crippen LogP contribution is 2.52. The molecule has 0 aliphatic rings. The molecule has 0 spiro atoms. The van der Waals surface area contributed by atoms with Crippen molar-refractivity contribution in [2.24, 2.45) is 0 Å². The summed E-state index contributed by atoms with van der Waals surface area (Å²) in [5.41, 5.74) is 0.322. The Morgan fingerprint density at radius 2 is 1.50 bits per heavy atom. The first-order valence-corrected chi connectivity index (χ1v) is 10.3. The number of rotatable bonds is 8. The van der Waals surface area contributed by atoms with Crippen molar-refractivity contribution in [3.05, 3.63) is 72.8 Å². The normalized spacial score (nSPS) is 14.1. The second kappa shape index (κ2) is 8.46. The van der Waals surface area contributed by atoms with Gasteiger partial charge in [-0.1, -0.05) is 92.6 Å². The topological polar surface area (TPSA) is 37.3 Å². The molecule has 0 heterocycles. The minimum Gasteiger partial charge on any atom is -0.388 e. The first-order chi connectivity index (χ1) is 11.5. The van der Waals surface area contributed by atoms with Crippen molar-refractivity contribution < 1.29 is 9.67 Å². The second-order valence-corrected chi connectivity index (χ2v) is 9.34. The van der Waals surface area contributed by atoms with Crippen molar-refractivity contribution >= 4 is 17.8 Å². The summed E-state index contributed by atoms with van der Waals surface area (Å²) >= 11 is 0. The molecule has 2 aromatic carbocycles. The van der Waals surface area contributed by atoms with E-state index in [0.29, 0.717) is 12.0 Å². The highest BCUT2D eigenvalue weighted by Gasteiger charge is 2.40. The van der Waals surface area contributed by atoms with Crippen LogP contribution in [0, 0.1) is 0 Å². The molecular formula is C21H27O2P. The highest BCUT2D eigenvalue weighted by molar-refractivity contribution is 7.79. The summed E-state index contributed by atoms with van der Waals surface area (Å²) in [5, 5.41) is 12.4. The van der Waals surface area contributed by atoms with Crippen LogP contribution >= 0.6 is 7.14 Å². The third kappa shape index (κ3) is 3.88. The lowest BCUT2D eigenvalue weighted by molar-refractivity contribution is 0.199. The number of hydrogen-bond acceptors (Lipinski definition) is 2. The maximum atomic E-state index is 14.4. The molecule has 0 radical (unpaired) electrons. The predicted molar refractivity (Wildman–Crippen MR) is 104 cm³/mol. The summed E-state index contributed by atoms with van der Waals surface area (Å²) in [5.74, 6) is 0. The van der Waals surface area contributed by atoms with Crippen molar-refractivity contribution in [3.63, 3.8) is 0 Å². The van der Waals surface area contributed by atoms with Gasteiger partial charge >= 0.3 is 0 Å². The molecule has 24 heavy (non-hydrogen) atoms. The number of unbranched alkanes of at least 4 members (excludes halogenated alkanes) is 1. The Labute approximate surface area is 145 Å². The standard InChI is InChI=1S/C21H27O2P/c1-4-5-16-20(21(22)17(2)3)24(23,18-12-8-6-9-13-18)19-14-10-7-11-15-19/h6-15,20-22H,2,4-5,16H2,1,3H3/t20-,21+/m0/s1. The van der Waals surface area contributed by atoms with Gasteiger partial charge < -0.3 is 9.67 Å². The first-order valence-electron chi connectivity index (χ1n) is 8.56. The van der Waals surface area contributed by atoms with Gasteiger partial charge in [0.15, 0.2) is 0 Å². The molecule has 0 bridgehead atoms. The van der Waals surface area contributed by atoms with Crippen molar-refractivity contribution in [2.75, 3.05) is 0 Å². The number of aliphatic hydroxyl groups is 1. The number of hydrogen-bond donors (Lipinski definition) is 1. The maximum absolute atomic E-state index is 14.4. The fourth-order valence-corrected chi connectivity index (χ4v) is 6.60. The van der Waals surface area contributed by atoms with Crippen LogP contribution in [0.3, 0.4) is 0 Å². The van der Waals surface area contributed by atoms with Gasteiger partial charge in [0.25, 0.3) is 0 Å². The van der Waals surface area contributed by atoms with Gasteiger partial charge in [0.05, 0.1) is 11.8 Å². The van der Waals surface area contributed by atoms with E-state index in [0.717, 1.165) is 23.5 Å². The molecule has 2 nitrogen and oxygen atoms in total. The van der Waals surface area contributed by atoms with Gasteiger partial charge in [0.1, 0.15) is 7.14 Å². The Morgan fingerprint density at radius 3 is 1.88 bits per heavy atom. The zero-order chi connectivity index (χ0) is 17.6. The van der Waals surface area contributed by atoms with E-state index in [1.165, 1.54) is 0 Å². The fraction of sp³-hybridized carbons (Fsp3) is 0.333. The molecule has 128 valence electrons. The smallest absolute Gasteiger partial charge is 0.149 e. The van der Waals surface area contributed by atoms with Crippen LogP contribution in [-0.2, 0) is 4.57 Å². The molecule has 2 atom stereocenters. The molecule has 2 aromatic rings. The van der Waals surface area contributed by atoms with E-state index in [-0.39, 0.29) is 5.66 Å². The molecule has 2 rings (SSSR count). The van der Waals surface area contributed by atoms with Gasteiger partial charge in [-0.25, -0.2) is 0 Å². The predicted octanol–water partition coefficient (Wildman–Crippen LogP) is 4.50. The van der Waals surface area contributed by atoms with Gasteiger partial charge in [0, 0.05) is 10.6 Å². The van der Waals surface area contributed by atoms with E-state index in [1.807, 2.05) is 67.6 Å². The molecule has 0 saturated heterocycles. The second-order valence-electron chi connectivity index (χ2n) is 6.33. The summed E-state index contributed by atoms with van der Waals surface area (Å²) in [6, 6.07) is 19.2. The fourth-order valence-electron chi connectivity index (χ4n) is 3.11. The Kier molecular flexibility index (Phi) is 6.60. The lowest BCUT2D eigenvalue weighted by atomic mass is 10.1. The minimum absolute atomic E-state index is 0.347. The van der Waals surface area contributed by atoms with E-state index < -0.39 is 13.2 Å². The van der Waals surface area contributed by atoms with E-state index in [1.54, 1.807) is 0 Å². The van der Waals surface area contributed by atoms with Crippen LogP contribution in [0.25, 0.3) is 0 Å². The Balaban J connectivity index is 2.63. The van der Waals surface area contributed by atoms with Crippen LogP contribution in [0.1, 0.15) is 33.1 Å². The largest absolute Gasteiger partial charge is 0.388 e. The lowest BCUT2D eigenvalue weighted by Crippen LogP contribution is -2.35. The zero-order valence-electron chi connectivity index (χ0n) is 14.6. The van der Waals surface area contributed by atoms with Crippen LogP contribution < -0.4 is 10.6 Å². The Bertz CT molecular complexity index is 651. The molecule has 0 unspecified atom stereocenters. The van der Waals surface area contributed by atoms with E-state index >= 15 is 0 Å². The van der Waals surface area contributed by atoms with Gasteiger partial charge in [-0.05, 0) is 13.3 Å². The van der Waals surface area contributed by atoms with Gasteiger partial charge in [0.2, 0.25) is 0 Å². The summed E-state index contributed by atoms with van der Waals surface area (Å²) in [7, 11) is -2.98. The number of benzene rings is 2. The van der Waals surface area contributed by atoms with Crippen LogP contribution in [-0.4, -0.2) is 16.9 Å². The van der Waals surface area contributed by atoms with E-state index in [9.17, 15) is 9.67 Å². The average Bonchev–Trinajstić information content (AvgIpc) is 2.62. The van der Waals surface area contributed by atoms with Crippen molar-refractivity contribution in [1.29, 1.82) is 0 Å². The highest BCUT2D eigenvalue weighted by atomic mass is 31.2. The SMILES string of the molecule is C=C(C)[C@@H](O)[C@H](CCCC)P(=O)(c1ccccc1)c1ccccc1. The Morgan fingerprint density at radius 1 is 1.04 bits per heavy atom. The zero-order valence-corrected chi connectivity index (χ0v) is 15.5.